The molecule has 3 aromatic carbocycles. The molecule has 2 amide bonds. The molecule has 128 valence electrons. The molecule has 6 nitrogen and oxygen atoms in total. The van der Waals surface area contributed by atoms with Gasteiger partial charge in [-0.15, -0.1) is 0 Å². The monoisotopic (exact) mass is 346 g/mol. The molecule has 0 fully saturated rings. The van der Waals surface area contributed by atoms with Crippen LogP contribution in [-0.4, -0.2) is 24.4 Å². The van der Waals surface area contributed by atoms with Crippen LogP contribution >= 0.6 is 0 Å². The number of benzene rings is 3. The lowest BCUT2D eigenvalue weighted by Crippen LogP contribution is -2.40. The first-order valence-electron chi connectivity index (χ1n) is 7.89. The summed E-state index contributed by atoms with van der Waals surface area (Å²) < 4.78 is 5.02. The second kappa shape index (κ2) is 6.00. The standard InChI is InChI=1S/C20H13NO5/c22-17(23)11-26-14-9-7-13(8-10-14)21-19(24)15-5-1-3-12-4-2-6-16(18(12)15)20(21)25/h1-10H,11H2,(H,22,23)/p-1. The fourth-order valence-corrected chi connectivity index (χ4v) is 3.10. The highest BCUT2D eigenvalue weighted by Crippen LogP contribution is 2.33. The molecule has 26 heavy (non-hydrogen) atoms. The lowest BCUT2D eigenvalue weighted by molar-refractivity contribution is -0.307. The Kier molecular flexibility index (Phi) is 3.65. The Balaban J connectivity index is 1.73. The van der Waals surface area contributed by atoms with E-state index in [1.54, 1.807) is 24.3 Å². The fraction of sp³-hybridized carbons (Fsp3) is 0.0500. The van der Waals surface area contributed by atoms with Gasteiger partial charge in [0.1, 0.15) is 12.4 Å². The summed E-state index contributed by atoms with van der Waals surface area (Å²) in [5.74, 6) is -1.83. The van der Waals surface area contributed by atoms with E-state index in [0.717, 1.165) is 10.3 Å². The van der Waals surface area contributed by atoms with Crippen LogP contribution in [0.4, 0.5) is 5.69 Å². The number of anilines is 1. The molecule has 0 aromatic heterocycles. The van der Waals surface area contributed by atoms with E-state index >= 15 is 0 Å². The minimum Gasteiger partial charge on any atom is -0.546 e. The van der Waals surface area contributed by atoms with E-state index in [0.29, 0.717) is 28.0 Å². The van der Waals surface area contributed by atoms with Crippen molar-refractivity contribution in [2.45, 2.75) is 0 Å². The summed E-state index contributed by atoms with van der Waals surface area (Å²) >= 11 is 0. The van der Waals surface area contributed by atoms with Gasteiger partial charge < -0.3 is 14.6 Å². The predicted molar refractivity (Wildman–Crippen MR) is 92.0 cm³/mol. The topological polar surface area (TPSA) is 86.7 Å². The fourth-order valence-electron chi connectivity index (χ4n) is 3.10. The van der Waals surface area contributed by atoms with Gasteiger partial charge in [0.15, 0.2) is 0 Å². The summed E-state index contributed by atoms with van der Waals surface area (Å²) in [6.07, 6.45) is 0. The minimum absolute atomic E-state index is 0.303. The summed E-state index contributed by atoms with van der Waals surface area (Å²) in [4.78, 5) is 37.4. The Morgan fingerprint density at radius 3 is 2.00 bits per heavy atom. The van der Waals surface area contributed by atoms with Crippen LogP contribution in [0.15, 0.2) is 60.7 Å². The van der Waals surface area contributed by atoms with Gasteiger partial charge in [-0.2, -0.15) is 0 Å². The van der Waals surface area contributed by atoms with Crippen LogP contribution in [0.3, 0.4) is 0 Å². The highest BCUT2D eigenvalue weighted by Gasteiger charge is 2.33. The largest absolute Gasteiger partial charge is 0.546 e. The van der Waals surface area contributed by atoms with E-state index in [2.05, 4.69) is 0 Å². The van der Waals surface area contributed by atoms with Crippen molar-refractivity contribution < 1.29 is 24.2 Å². The van der Waals surface area contributed by atoms with Crippen molar-refractivity contribution in [3.63, 3.8) is 0 Å². The van der Waals surface area contributed by atoms with Gasteiger partial charge in [0.2, 0.25) is 0 Å². The van der Waals surface area contributed by atoms with Crippen molar-refractivity contribution in [2.75, 3.05) is 11.5 Å². The quantitative estimate of drug-likeness (QED) is 0.672. The smallest absolute Gasteiger partial charge is 0.265 e. The molecule has 4 rings (SSSR count). The second-order valence-electron chi connectivity index (χ2n) is 5.81. The van der Waals surface area contributed by atoms with E-state index < -0.39 is 24.4 Å². The number of carbonyl (C=O) groups is 3. The first-order chi connectivity index (χ1) is 12.6. The Morgan fingerprint density at radius 1 is 0.885 bits per heavy atom. The number of hydrogen-bond donors (Lipinski definition) is 0. The van der Waals surface area contributed by atoms with Crippen LogP contribution in [0.25, 0.3) is 10.8 Å². The molecule has 0 N–H and O–H groups in total. The van der Waals surface area contributed by atoms with Crippen LogP contribution in [-0.2, 0) is 4.79 Å². The predicted octanol–water partition coefficient (Wildman–Crippen LogP) is 1.77. The molecule has 0 bridgehead atoms. The number of nitrogens with zero attached hydrogens (tertiary/aromatic N) is 1. The molecule has 0 atom stereocenters. The summed E-state index contributed by atoms with van der Waals surface area (Å²) in [5, 5.41) is 11.9. The third-order valence-corrected chi connectivity index (χ3v) is 4.22. The van der Waals surface area contributed by atoms with E-state index in [-0.39, 0.29) is 0 Å². The maximum absolute atomic E-state index is 12.9. The number of rotatable bonds is 4. The zero-order valence-corrected chi connectivity index (χ0v) is 13.5. The molecule has 0 unspecified atom stereocenters. The number of carboxylic acids is 1. The minimum atomic E-state index is -1.33. The molecule has 6 heteroatoms. The Hall–Kier alpha value is -3.67. The first kappa shape index (κ1) is 15.8. The van der Waals surface area contributed by atoms with Gasteiger partial charge >= 0.3 is 0 Å². The average Bonchev–Trinajstić information content (AvgIpc) is 2.65. The lowest BCUT2D eigenvalue weighted by atomic mass is 9.94. The third kappa shape index (κ3) is 2.48. The molecule has 0 saturated heterocycles. The Labute approximate surface area is 148 Å². The first-order valence-corrected chi connectivity index (χ1v) is 7.89. The number of carbonyl (C=O) groups excluding carboxylic acids is 3. The molecule has 1 aliphatic heterocycles. The van der Waals surface area contributed by atoms with Gasteiger partial charge in [0.05, 0.1) is 11.7 Å². The summed E-state index contributed by atoms with van der Waals surface area (Å²) in [5.41, 5.74) is 1.32. The zero-order valence-electron chi connectivity index (χ0n) is 13.5. The van der Waals surface area contributed by atoms with Gasteiger partial charge in [-0.25, -0.2) is 4.90 Å². The second-order valence-corrected chi connectivity index (χ2v) is 5.81. The number of hydrogen-bond acceptors (Lipinski definition) is 5. The molecule has 1 heterocycles. The molecule has 0 aliphatic carbocycles. The summed E-state index contributed by atoms with van der Waals surface area (Å²) in [6, 6.07) is 16.8. The van der Waals surface area contributed by atoms with Gasteiger partial charge in [-0.05, 0) is 41.8 Å². The number of aliphatic carboxylic acids is 1. The van der Waals surface area contributed by atoms with Crippen LogP contribution in [0.5, 0.6) is 5.75 Å². The lowest BCUT2D eigenvalue weighted by Gasteiger charge is -2.27. The van der Waals surface area contributed by atoms with Gasteiger partial charge in [0.25, 0.3) is 11.8 Å². The maximum atomic E-state index is 12.9. The molecule has 0 saturated carbocycles. The van der Waals surface area contributed by atoms with Crippen molar-refractivity contribution in [1.82, 2.24) is 0 Å². The van der Waals surface area contributed by atoms with Crippen LogP contribution < -0.4 is 14.7 Å². The number of ether oxygens (including phenoxy) is 1. The highest BCUT2D eigenvalue weighted by molar-refractivity contribution is 6.35. The third-order valence-electron chi connectivity index (χ3n) is 4.22. The van der Waals surface area contributed by atoms with Crippen LogP contribution in [0.2, 0.25) is 0 Å². The van der Waals surface area contributed by atoms with Crippen molar-refractivity contribution in [1.29, 1.82) is 0 Å². The molecule has 3 aromatic rings. The number of amides is 2. The van der Waals surface area contributed by atoms with E-state index in [1.165, 1.54) is 24.3 Å². The Morgan fingerprint density at radius 2 is 1.46 bits per heavy atom. The van der Waals surface area contributed by atoms with Gasteiger partial charge in [-0.3, -0.25) is 9.59 Å². The number of imide groups is 1. The number of carboxylic acid groups (broad SMARTS) is 1. The zero-order chi connectivity index (χ0) is 18.3. The van der Waals surface area contributed by atoms with E-state index in [4.69, 9.17) is 4.74 Å². The van der Waals surface area contributed by atoms with Crippen LogP contribution in [0.1, 0.15) is 20.7 Å². The van der Waals surface area contributed by atoms with E-state index in [1.807, 2.05) is 12.1 Å². The summed E-state index contributed by atoms with van der Waals surface area (Å²) in [6.45, 7) is -0.573. The average molecular weight is 346 g/mol. The van der Waals surface area contributed by atoms with Crippen molar-refractivity contribution >= 4 is 34.2 Å². The molecular weight excluding hydrogens is 334 g/mol. The normalized spacial score (nSPS) is 13.2. The van der Waals surface area contributed by atoms with E-state index in [9.17, 15) is 19.5 Å². The molecule has 1 aliphatic rings. The van der Waals surface area contributed by atoms with Crippen LogP contribution in [0, 0.1) is 0 Å². The highest BCUT2D eigenvalue weighted by atomic mass is 16.5. The molecule has 0 radical (unpaired) electrons. The van der Waals surface area contributed by atoms with Crippen molar-refractivity contribution in [2.24, 2.45) is 0 Å². The van der Waals surface area contributed by atoms with Crippen molar-refractivity contribution in [3.8, 4) is 5.75 Å². The molecule has 0 spiro atoms. The van der Waals surface area contributed by atoms with Gasteiger partial charge in [-0.1, -0.05) is 24.3 Å². The maximum Gasteiger partial charge on any atom is 0.265 e. The molecular formula is C20H12NO5-. The van der Waals surface area contributed by atoms with Gasteiger partial charge in [0, 0.05) is 16.5 Å². The van der Waals surface area contributed by atoms with Crippen molar-refractivity contribution in [3.05, 3.63) is 71.8 Å². The Bertz CT molecular complexity index is 1000. The summed E-state index contributed by atoms with van der Waals surface area (Å²) in [7, 11) is 0. The SMILES string of the molecule is O=C([O-])COc1ccc(N2C(=O)c3cccc4cccc(c34)C2=O)cc1.